The number of nitrogens with one attached hydrogen (secondary N) is 1. The second-order valence-electron chi connectivity index (χ2n) is 7.38. The number of rotatable bonds is 5. The smallest absolute Gasteiger partial charge is 0.333 e. The molecule has 0 saturated carbocycles. The highest BCUT2D eigenvalue weighted by atomic mass is 19.1. The molecule has 152 valence electrons. The molecule has 6 nitrogen and oxygen atoms in total. The molecule has 2 atom stereocenters. The number of hydrogen-bond acceptors (Lipinski definition) is 3. The second-order valence-corrected chi connectivity index (χ2v) is 7.38. The fourth-order valence-corrected chi connectivity index (χ4v) is 3.52. The van der Waals surface area contributed by atoms with E-state index in [1.807, 2.05) is 6.07 Å². The molecular formula is C22H23FN2O4. The van der Waals surface area contributed by atoms with Crippen molar-refractivity contribution >= 4 is 17.8 Å². The fraction of sp³-hybridized carbons (Fsp3) is 0.318. The molecule has 7 heteroatoms. The molecule has 3 rings (SSSR count). The van der Waals surface area contributed by atoms with Crippen molar-refractivity contribution in [2.24, 2.45) is 5.92 Å². The van der Waals surface area contributed by atoms with Gasteiger partial charge in [0.15, 0.2) is 5.54 Å². The zero-order chi connectivity index (χ0) is 21.0. The number of piperidine rings is 1. The van der Waals surface area contributed by atoms with E-state index in [0.29, 0.717) is 24.9 Å². The van der Waals surface area contributed by atoms with Crippen molar-refractivity contribution in [2.45, 2.75) is 25.3 Å². The van der Waals surface area contributed by atoms with Crippen LogP contribution in [0.1, 0.15) is 35.7 Å². The standard InChI is InChI=1S/C22H23FN2O4/c1-22(21(28)29,17-9-11-18(23)12-10-17)24-19(26)16-8-5-13-25(14-16)20(27)15-6-3-2-4-7-15/h2-4,6-7,9-12,16H,5,8,13-14H2,1H3,(H,24,26)(H,28,29). The number of carbonyl (C=O) groups excluding carboxylic acids is 2. The van der Waals surface area contributed by atoms with Crippen molar-refractivity contribution < 1.29 is 23.9 Å². The Labute approximate surface area is 168 Å². The normalized spacial score (nSPS) is 18.6. The van der Waals surface area contributed by atoms with Gasteiger partial charge in [-0.25, -0.2) is 9.18 Å². The van der Waals surface area contributed by atoms with Gasteiger partial charge >= 0.3 is 5.97 Å². The van der Waals surface area contributed by atoms with E-state index >= 15 is 0 Å². The van der Waals surface area contributed by atoms with E-state index < -0.39 is 29.2 Å². The van der Waals surface area contributed by atoms with Crippen LogP contribution in [0.4, 0.5) is 4.39 Å². The highest BCUT2D eigenvalue weighted by Gasteiger charge is 2.39. The van der Waals surface area contributed by atoms with E-state index in [9.17, 15) is 23.9 Å². The SMILES string of the molecule is CC(NC(=O)C1CCCN(C(=O)c2ccccc2)C1)(C(=O)O)c1ccc(F)cc1. The molecule has 0 bridgehead atoms. The summed E-state index contributed by atoms with van der Waals surface area (Å²) in [4.78, 5) is 39.1. The van der Waals surface area contributed by atoms with Gasteiger partial charge in [0.2, 0.25) is 5.91 Å². The van der Waals surface area contributed by atoms with Crippen molar-refractivity contribution in [3.63, 3.8) is 0 Å². The van der Waals surface area contributed by atoms with Gasteiger partial charge in [-0.2, -0.15) is 0 Å². The molecule has 1 saturated heterocycles. The Morgan fingerprint density at radius 1 is 1.10 bits per heavy atom. The zero-order valence-electron chi connectivity index (χ0n) is 16.1. The van der Waals surface area contributed by atoms with Crippen molar-refractivity contribution in [2.75, 3.05) is 13.1 Å². The number of carbonyl (C=O) groups is 3. The van der Waals surface area contributed by atoms with Gasteiger partial charge in [0.05, 0.1) is 5.92 Å². The molecular weight excluding hydrogens is 375 g/mol. The number of carboxylic acids is 1. The minimum absolute atomic E-state index is 0.150. The summed E-state index contributed by atoms with van der Waals surface area (Å²) < 4.78 is 13.2. The van der Waals surface area contributed by atoms with E-state index in [-0.39, 0.29) is 18.0 Å². The van der Waals surface area contributed by atoms with Gasteiger partial charge < -0.3 is 15.3 Å². The molecule has 2 unspecified atom stereocenters. The molecule has 29 heavy (non-hydrogen) atoms. The summed E-state index contributed by atoms with van der Waals surface area (Å²) >= 11 is 0. The first-order chi connectivity index (χ1) is 13.8. The molecule has 1 heterocycles. The van der Waals surface area contributed by atoms with Crippen molar-refractivity contribution in [3.8, 4) is 0 Å². The Bertz CT molecular complexity index is 901. The number of halogens is 1. The number of aliphatic carboxylic acids is 1. The molecule has 0 aliphatic carbocycles. The Morgan fingerprint density at radius 3 is 2.38 bits per heavy atom. The van der Waals surface area contributed by atoms with Gasteiger partial charge in [0.25, 0.3) is 5.91 Å². The topological polar surface area (TPSA) is 86.7 Å². The number of nitrogens with zero attached hydrogens (tertiary/aromatic N) is 1. The summed E-state index contributed by atoms with van der Waals surface area (Å²) in [6, 6.07) is 13.8. The number of benzene rings is 2. The first-order valence-electron chi connectivity index (χ1n) is 9.47. The Hall–Kier alpha value is -3.22. The van der Waals surface area contributed by atoms with Crippen LogP contribution in [-0.4, -0.2) is 40.9 Å². The number of carboxylic acid groups (broad SMARTS) is 1. The van der Waals surface area contributed by atoms with E-state index in [1.165, 1.54) is 19.1 Å². The van der Waals surface area contributed by atoms with Gasteiger partial charge in [-0.1, -0.05) is 30.3 Å². The first kappa shape index (κ1) is 20.5. The maximum atomic E-state index is 13.2. The van der Waals surface area contributed by atoms with E-state index in [1.54, 1.807) is 29.2 Å². The maximum Gasteiger partial charge on any atom is 0.333 e. The van der Waals surface area contributed by atoms with Crippen LogP contribution in [0.25, 0.3) is 0 Å². The van der Waals surface area contributed by atoms with Crippen LogP contribution >= 0.6 is 0 Å². The lowest BCUT2D eigenvalue weighted by molar-refractivity contribution is -0.148. The Kier molecular flexibility index (Phi) is 5.96. The van der Waals surface area contributed by atoms with E-state index in [0.717, 1.165) is 12.1 Å². The highest BCUT2D eigenvalue weighted by molar-refractivity contribution is 5.95. The number of amides is 2. The molecule has 2 aromatic carbocycles. The van der Waals surface area contributed by atoms with Crippen molar-refractivity contribution in [1.29, 1.82) is 0 Å². The monoisotopic (exact) mass is 398 g/mol. The number of hydrogen-bond donors (Lipinski definition) is 2. The predicted octanol–water partition coefficient (Wildman–Crippen LogP) is 2.79. The molecule has 1 aliphatic rings. The average Bonchev–Trinajstić information content (AvgIpc) is 2.74. The van der Waals surface area contributed by atoms with Gasteiger partial charge in [-0.05, 0) is 49.6 Å². The van der Waals surface area contributed by atoms with Crippen molar-refractivity contribution in [1.82, 2.24) is 10.2 Å². The summed E-state index contributed by atoms with van der Waals surface area (Å²) in [7, 11) is 0. The first-order valence-corrected chi connectivity index (χ1v) is 9.47. The van der Waals surface area contributed by atoms with Crippen LogP contribution in [0.2, 0.25) is 0 Å². The van der Waals surface area contributed by atoms with Crippen LogP contribution < -0.4 is 5.32 Å². The highest BCUT2D eigenvalue weighted by Crippen LogP contribution is 2.25. The molecule has 1 aliphatic heterocycles. The second kappa shape index (κ2) is 8.43. The molecule has 2 N–H and O–H groups in total. The van der Waals surface area contributed by atoms with Crippen LogP contribution in [0, 0.1) is 11.7 Å². The lowest BCUT2D eigenvalue weighted by atomic mass is 9.89. The summed E-state index contributed by atoms with van der Waals surface area (Å²) in [5, 5.41) is 12.3. The van der Waals surface area contributed by atoms with Crippen LogP contribution in [0.3, 0.4) is 0 Å². The maximum absolute atomic E-state index is 13.2. The molecule has 1 fully saturated rings. The van der Waals surface area contributed by atoms with Crippen LogP contribution in [0.5, 0.6) is 0 Å². The summed E-state index contributed by atoms with van der Waals surface area (Å²) in [6.45, 7) is 2.14. The van der Waals surface area contributed by atoms with E-state index in [4.69, 9.17) is 0 Å². The molecule has 0 aromatic heterocycles. The molecule has 2 aromatic rings. The quantitative estimate of drug-likeness (QED) is 0.811. The molecule has 0 radical (unpaired) electrons. The summed E-state index contributed by atoms with van der Waals surface area (Å²) in [6.07, 6.45) is 1.21. The van der Waals surface area contributed by atoms with E-state index in [2.05, 4.69) is 5.32 Å². The summed E-state index contributed by atoms with van der Waals surface area (Å²) in [5.74, 6) is -2.84. The molecule has 0 spiro atoms. The van der Waals surface area contributed by atoms with Gasteiger partial charge in [-0.15, -0.1) is 0 Å². The van der Waals surface area contributed by atoms with Crippen molar-refractivity contribution in [3.05, 3.63) is 71.5 Å². The lowest BCUT2D eigenvalue weighted by Gasteiger charge is -2.34. The van der Waals surface area contributed by atoms with Crippen LogP contribution in [0.15, 0.2) is 54.6 Å². The Morgan fingerprint density at radius 2 is 1.76 bits per heavy atom. The van der Waals surface area contributed by atoms with Gasteiger partial charge in [0, 0.05) is 18.7 Å². The third-order valence-electron chi connectivity index (χ3n) is 5.32. The third kappa shape index (κ3) is 4.45. The zero-order valence-corrected chi connectivity index (χ0v) is 16.1. The number of likely N-dealkylation sites (tertiary alicyclic amines) is 1. The Balaban J connectivity index is 1.74. The van der Waals surface area contributed by atoms with Gasteiger partial charge in [-0.3, -0.25) is 9.59 Å². The fourth-order valence-electron chi connectivity index (χ4n) is 3.52. The summed E-state index contributed by atoms with van der Waals surface area (Å²) in [5.41, 5.74) is -0.876. The van der Waals surface area contributed by atoms with Crippen LogP contribution in [-0.2, 0) is 15.1 Å². The minimum Gasteiger partial charge on any atom is -0.479 e. The average molecular weight is 398 g/mol. The predicted molar refractivity (Wildman–Crippen MR) is 105 cm³/mol. The van der Waals surface area contributed by atoms with Gasteiger partial charge in [0.1, 0.15) is 5.82 Å². The largest absolute Gasteiger partial charge is 0.479 e. The lowest BCUT2D eigenvalue weighted by Crippen LogP contribution is -2.54. The molecule has 2 amide bonds. The third-order valence-corrected chi connectivity index (χ3v) is 5.32. The minimum atomic E-state index is -1.70.